The summed E-state index contributed by atoms with van der Waals surface area (Å²) in [4.78, 5) is 13.5. The highest BCUT2D eigenvalue weighted by atomic mass is 16.5. The summed E-state index contributed by atoms with van der Waals surface area (Å²) in [7, 11) is 0. The molecule has 1 aliphatic heterocycles. The molecule has 3 N–H and O–H groups in total. The number of nitrogens with two attached hydrogens (primary N) is 1. The number of morpholine rings is 1. The molecule has 0 bridgehead atoms. The van der Waals surface area contributed by atoms with Crippen LogP contribution in [0.1, 0.15) is 26.7 Å². The van der Waals surface area contributed by atoms with Crippen molar-refractivity contribution in [3.8, 4) is 0 Å². The average molecular weight is 229 g/mol. The van der Waals surface area contributed by atoms with Gasteiger partial charge in [-0.05, 0) is 13.3 Å². The fourth-order valence-corrected chi connectivity index (χ4v) is 1.66. The lowest BCUT2D eigenvalue weighted by Crippen LogP contribution is -2.53. The SMILES string of the molecule is CCCCNC(=O)N1CCOC(C(C)N)C1. The molecule has 2 atom stereocenters. The molecule has 1 fully saturated rings. The Balaban J connectivity index is 2.32. The van der Waals surface area contributed by atoms with Crippen LogP contribution in [0.3, 0.4) is 0 Å². The van der Waals surface area contributed by atoms with E-state index in [-0.39, 0.29) is 18.2 Å². The van der Waals surface area contributed by atoms with Crippen LogP contribution in [0.15, 0.2) is 0 Å². The zero-order chi connectivity index (χ0) is 12.0. The third-order valence-electron chi connectivity index (χ3n) is 2.77. The molecule has 0 radical (unpaired) electrons. The van der Waals surface area contributed by atoms with Gasteiger partial charge in [0.25, 0.3) is 0 Å². The van der Waals surface area contributed by atoms with E-state index in [2.05, 4.69) is 12.2 Å². The van der Waals surface area contributed by atoms with Gasteiger partial charge in [0.15, 0.2) is 0 Å². The minimum Gasteiger partial charge on any atom is -0.373 e. The number of nitrogens with one attached hydrogen (secondary N) is 1. The summed E-state index contributed by atoms with van der Waals surface area (Å²) < 4.78 is 5.50. The maximum atomic E-state index is 11.8. The molecule has 0 aliphatic carbocycles. The molecule has 1 rings (SSSR count). The van der Waals surface area contributed by atoms with Crippen LogP contribution < -0.4 is 11.1 Å². The first-order valence-corrected chi connectivity index (χ1v) is 6.05. The summed E-state index contributed by atoms with van der Waals surface area (Å²) in [5.41, 5.74) is 5.77. The average Bonchev–Trinajstić information content (AvgIpc) is 2.29. The summed E-state index contributed by atoms with van der Waals surface area (Å²) in [6.45, 7) is 6.58. The maximum absolute atomic E-state index is 11.8. The van der Waals surface area contributed by atoms with Gasteiger partial charge >= 0.3 is 6.03 Å². The van der Waals surface area contributed by atoms with Gasteiger partial charge in [0, 0.05) is 19.1 Å². The molecular weight excluding hydrogens is 206 g/mol. The second-order valence-electron chi connectivity index (χ2n) is 4.30. The number of rotatable bonds is 4. The van der Waals surface area contributed by atoms with E-state index in [1.54, 1.807) is 4.90 Å². The number of carbonyl (C=O) groups excluding carboxylic acids is 1. The molecule has 0 saturated carbocycles. The van der Waals surface area contributed by atoms with Gasteiger partial charge in [-0.2, -0.15) is 0 Å². The Hall–Kier alpha value is -0.810. The summed E-state index contributed by atoms with van der Waals surface area (Å²) in [5.74, 6) is 0. The van der Waals surface area contributed by atoms with Crippen molar-refractivity contribution in [2.45, 2.75) is 38.8 Å². The minimum absolute atomic E-state index is 0.00222. The van der Waals surface area contributed by atoms with Gasteiger partial charge in [-0.25, -0.2) is 4.79 Å². The molecule has 5 nitrogen and oxygen atoms in total. The van der Waals surface area contributed by atoms with E-state index in [1.165, 1.54) is 0 Å². The Labute approximate surface area is 97.3 Å². The Morgan fingerprint density at radius 1 is 1.69 bits per heavy atom. The van der Waals surface area contributed by atoms with Gasteiger partial charge < -0.3 is 20.7 Å². The van der Waals surface area contributed by atoms with Crippen LogP contribution in [-0.2, 0) is 4.74 Å². The van der Waals surface area contributed by atoms with E-state index in [0.717, 1.165) is 19.4 Å². The van der Waals surface area contributed by atoms with Crippen LogP contribution in [0.25, 0.3) is 0 Å². The summed E-state index contributed by atoms with van der Waals surface area (Å²) >= 11 is 0. The van der Waals surface area contributed by atoms with Crippen LogP contribution in [-0.4, -0.2) is 49.3 Å². The predicted octanol–water partition coefficient (Wildman–Crippen LogP) is 0.544. The number of urea groups is 1. The Morgan fingerprint density at radius 2 is 2.44 bits per heavy atom. The highest BCUT2D eigenvalue weighted by Gasteiger charge is 2.26. The van der Waals surface area contributed by atoms with Gasteiger partial charge in [0.1, 0.15) is 0 Å². The quantitative estimate of drug-likeness (QED) is 0.692. The molecule has 0 aromatic heterocycles. The largest absolute Gasteiger partial charge is 0.373 e. The smallest absolute Gasteiger partial charge is 0.317 e. The molecule has 1 heterocycles. The summed E-state index contributed by atoms with van der Waals surface area (Å²) in [6, 6.07) is -0.0337. The second kappa shape index (κ2) is 6.70. The van der Waals surface area contributed by atoms with Crippen LogP contribution in [0.2, 0.25) is 0 Å². The topological polar surface area (TPSA) is 67.6 Å². The van der Waals surface area contributed by atoms with Crippen molar-refractivity contribution < 1.29 is 9.53 Å². The summed E-state index contributed by atoms with van der Waals surface area (Å²) in [5, 5.41) is 2.90. The standard InChI is InChI=1S/C11H23N3O2/c1-3-4-5-13-11(15)14-6-7-16-10(8-14)9(2)12/h9-10H,3-8,12H2,1-2H3,(H,13,15). The monoisotopic (exact) mass is 229 g/mol. The second-order valence-corrected chi connectivity index (χ2v) is 4.30. The summed E-state index contributed by atoms with van der Waals surface area (Å²) in [6.07, 6.45) is 2.07. The van der Waals surface area contributed by atoms with Crippen LogP contribution >= 0.6 is 0 Å². The first-order valence-electron chi connectivity index (χ1n) is 6.05. The molecule has 2 unspecified atom stereocenters. The van der Waals surface area contributed by atoms with Gasteiger partial charge in [0.05, 0.1) is 19.3 Å². The number of carbonyl (C=O) groups is 1. The van der Waals surface area contributed by atoms with Gasteiger partial charge in [0.2, 0.25) is 0 Å². The lowest BCUT2D eigenvalue weighted by Gasteiger charge is -2.34. The van der Waals surface area contributed by atoms with Gasteiger partial charge in [-0.1, -0.05) is 13.3 Å². The van der Waals surface area contributed by atoms with Crippen molar-refractivity contribution in [2.75, 3.05) is 26.2 Å². The lowest BCUT2D eigenvalue weighted by molar-refractivity contribution is -0.0237. The number of hydrogen-bond donors (Lipinski definition) is 2. The molecule has 0 aromatic carbocycles. The van der Waals surface area contributed by atoms with E-state index in [1.807, 2.05) is 6.92 Å². The molecule has 1 saturated heterocycles. The highest BCUT2D eigenvalue weighted by molar-refractivity contribution is 5.74. The number of ether oxygens (including phenoxy) is 1. The van der Waals surface area contributed by atoms with E-state index < -0.39 is 0 Å². The molecule has 0 aromatic rings. The van der Waals surface area contributed by atoms with Crippen LogP contribution in [0, 0.1) is 0 Å². The van der Waals surface area contributed by atoms with E-state index in [9.17, 15) is 4.79 Å². The number of unbranched alkanes of at least 4 members (excludes halogenated alkanes) is 1. The third kappa shape index (κ3) is 3.98. The molecule has 5 heteroatoms. The van der Waals surface area contributed by atoms with Crippen molar-refractivity contribution in [3.05, 3.63) is 0 Å². The molecule has 16 heavy (non-hydrogen) atoms. The van der Waals surface area contributed by atoms with Gasteiger partial charge in [-0.15, -0.1) is 0 Å². The molecular formula is C11H23N3O2. The van der Waals surface area contributed by atoms with Crippen LogP contribution in [0.5, 0.6) is 0 Å². The molecule has 0 spiro atoms. The van der Waals surface area contributed by atoms with E-state index in [4.69, 9.17) is 10.5 Å². The van der Waals surface area contributed by atoms with E-state index in [0.29, 0.717) is 19.7 Å². The van der Waals surface area contributed by atoms with E-state index >= 15 is 0 Å². The zero-order valence-corrected chi connectivity index (χ0v) is 10.2. The third-order valence-corrected chi connectivity index (χ3v) is 2.77. The normalized spacial score (nSPS) is 22.9. The molecule has 2 amide bonds. The fourth-order valence-electron chi connectivity index (χ4n) is 1.66. The van der Waals surface area contributed by atoms with Crippen LogP contribution in [0.4, 0.5) is 4.79 Å². The predicted molar refractivity (Wildman–Crippen MR) is 63.3 cm³/mol. The van der Waals surface area contributed by atoms with Crippen molar-refractivity contribution in [2.24, 2.45) is 5.73 Å². The first-order chi connectivity index (χ1) is 7.65. The Bertz CT molecular complexity index is 221. The number of hydrogen-bond acceptors (Lipinski definition) is 3. The van der Waals surface area contributed by atoms with Crippen molar-refractivity contribution in [3.63, 3.8) is 0 Å². The van der Waals surface area contributed by atoms with Gasteiger partial charge in [-0.3, -0.25) is 0 Å². The zero-order valence-electron chi connectivity index (χ0n) is 10.2. The van der Waals surface area contributed by atoms with Crippen molar-refractivity contribution in [1.82, 2.24) is 10.2 Å². The Morgan fingerprint density at radius 3 is 3.06 bits per heavy atom. The lowest BCUT2D eigenvalue weighted by atomic mass is 10.1. The molecule has 94 valence electrons. The molecule has 1 aliphatic rings. The Kier molecular flexibility index (Phi) is 5.55. The minimum atomic E-state index is -0.0364. The van der Waals surface area contributed by atoms with Crippen molar-refractivity contribution in [1.29, 1.82) is 0 Å². The number of amides is 2. The first kappa shape index (κ1) is 13.3. The fraction of sp³-hybridized carbons (Fsp3) is 0.909. The highest BCUT2D eigenvalue weighted by Crippen LogP contribution is 2.07. The maximum Gasteiger partial charge on any atom is 0.317 e. The number of nitrogens with zero attached hydrogens (tertiary/aromatic N) is 1. The van der Waals surface area contributed by atoms with Crippen molar-refractivity contribution >= 4 is 6.03 Å².